The van der Waals surface area contributed by atoms with Crippen LogP contribution >= 0.6 is 11.3 Å². The quantitative estimate of drug-likeness (QED) is 0.777. The number of amides is 1. The van der Waals surface area contributed by atoms with Gasteiger partial charge in [0, 0.05) is 12.6 Å². The molecular weight excluding hydrogens is 196 g/mol. The maximum absolute atomic E-state index is 11.1. The Bertz CT molecular complexity index is 272. The van der Waals surface area contributed by atoms with E-state index in [2.05, 4.69) is 29.0 Å². The van der Waals surface area contributed by atoms with Crippen molar-refractivity contribution in [2.45, 2.75) is 19.9 Å². The van der Waals surface area contributed by atoms with Gasteiger partial charge in [0.2, 0.25) is 5.91 Å². The van der Waals surface area contributed by atoms with E-state index in [9.17, 15) is 4.79 Å². The van der Waals surface area contributed by atoms with Crippen LogP contribution in [0.4, 0.5) is 0 Å². The average Bonchev–Trinajstić information content (AvgIpc) is 2.67. The Kier molecular flexibility index (Phi) is 4.62. The first-order chi connectivity index (χ1) is 6.74. The van der Waals surface area contributed by atoms with Crippen molar-refractivity contribution in [1.29, 1.82) is 0 Å². The summed E-state index contributed by atoms with van der Waals surface area (Å²) in [7, 11) is 0. The van der Waals surface area contributed by atoms with Crippen molar-refractivity contribution in [3.63, 3.8) is 0 Å². The van der Waals surface area contributed by atoms with Gasteiger partial charge in [-0.1, -0.05) is 0 Å². The molecule has 0 spiro atoms. The fraction of sp³-hybridized carbons (Fsp3) is 0.500. The van der Waals surface area contributed by atoms with Crippen molar-refractivity contribution in [2.24, 2.45) is 0 Å². The summed E-state index contributed by atoms with van der Waals surface area (Å²) in [5, 5.41) is 10.0. The first-order valence-electron chi connectivity index (χ1n) is 4.76. The Balaban J connectivity index is 2.28. The normalized spacial score (nSPS) is 12.4. The molecule has 0 fully saturated rings. The Morgan fingerprint density at radius 2 is 2.43 bits per heavy atom. The fourth-order valence-corrected chi connectivity index (χ4v) is 1.90. The van der Waals surface area contributed by atoms with Gasteiger partial charge < -0.3 is 10.6 Å². The lowest BCUT2D eigenvalue weighted by atomic mass is 10.2. The zero-order valence-electron chi connectivity index (χ0n) is 8.54. The summed E-state index contributed by atoms with van der Waals surface area (Å²) in [5.74, 6) is 0.0505. The molecular formula is C10H16N2OS. The summed E-state index contributed by atoms with van der Waals surface area (Å²) in [6.07, 6.45) is 0. The standard InChI is InChI=1S/C10H16N2OS/c1-3-11-10(13)6-12-8(2)9-4-5-14-7-9/h4-5,7-8,12H,3,6H2,1-2H3,(H,11,13). The number of thiophene rings is 1. The van der Waals surface area contributed by atoms with Crippen LogP contribution in [0.5, 0.6) is 0 Å². The first-order valence-corrected chi connectivity index (χ1v) is 5.70. The highest BCUT2D eigenvalue weighted by atomic mass is 32.1. The van der Waals surface area contributed by atoms with E-state index >= 15 is 0 Å². The highest BCUT2D eigenvalue weighted by molar-refractivity contribution is 7.07. The number of carbonyl (C=O) groups is 1. The molecule has 0 radical (unpaired) electrons. The molecule has 1 heterocycles. The van der Waals surface area contributed by atoms with E-state index in [1.165, 1.54) is 5.56 Å². The van der Waals surface area contributed by atoms with Gasteiger partial charge in [0.15, 0.2) is 0 Å². The Labute approximate surface area is 88.5 Å². The second-order valence-electron chi connectivity index (χ2n) is 3.11. The minimum atomic E-state index is 0.0505. The number of nitrogens with one attached hydrogen (secondary N) is 2. The van der Waals surface area contributed by atoms with E-state index in [1.807, 2.05) is 12.3 Å². The molecule has 1 aromatic rings. The van der Waals surface area contributed by atoms with E-state index in [0.717, 1.165) is 0 Å². The van der Waals surface area contributed by atoms with Crippen molar-refractivity contribution in [3.8, 4) is 0 Å². The Morgan fingerprint density at radius 3 is 3.00 bits per heavy atom. The lowest BCUT2D eigenvalue weighted by molar-refractivity contribution is -0.120. The van der Waals surface area contributed by atoms with Crippen LogP contribution in [0.15, 0.2) is 16.8 Å². The van der Waals surface area contributed by atoms with Crippen molar-refractivity contribution in [2.75, 3.05) is 13.1 Å². The highest BCUT2D eigenvalue weighted by Gasteiger charge is 2.06. The van der Waals surface area contributed by atoms with Gasteiger partial charge in [-0.05, 0) is 36.2 Å². The number of carbonyl (C=O) groups excluding carboxylic acids is 1. The third kappa shape index (κ3) is 3.47. The molecule has 0 bridgehead atoms. The summed E-state index contributed by atoms with van der Waals surface area (Å²) >= 11 is 1.67. The van der Waals surface area contributed by atoms with Crippen molar-refractivity contribution in [1.82, 2.24) is 10.6 Å². The molecule has 14 heavy (non-hydrogen) atoms. The molecule has 2 N–H and O–H groups in total. The van der Waals surface area contributed by atoms with Crippen LogP contribution in [0.1, 0.15) is 25.5 Å². The monoisotopic (exact) mass is 212 g/mol. The molecule has 0 aliphatic rings. The molecule has 0 saturated heterocycles. The number of hydrogen-bond donors (Lipinski definition) is 2. The predicted octanol–water partition coefficient (Wildman–Crippen LogP) is 1.53. The summed E-state index contributed by atoms with van der Waals surface area (Å²) < 4.78 is 0. The van der Waals surface area contributed by atoms with E-state index < -0.39 is 0 Å². The summed E-state index contributed by atoms with van der Waals surface area (Å²) in [6.45, 7) is 5.04. The molecule has 1 rings (SSSR count). The van der Waals surface area contributed by atoms with Gasteiger partial charge in [-0.25, -0.2) is 0 Å². The second-order valence-corrected chi connectivity index (χ2v) is 3.89. The lowest BCUT2D eigenvalue weighted by Gasteiger charge is -2.11. The number of likely N-dealkylation sites (N-methyl/N-ethyl adjacent to an activating group) is 1. The second kappa shape index (κ2) is 5.78. The van der Waals surface area contributed by atoms with Crippen LogP contribution in [0.3, 0.4) is 0 Å². The van der Waals surface area contributed by atoms with E-state index in [1.54, 1.807) is 11.3 Å². The zero-order valence-corrected chi connectivity index (χ0v) is 9.36. The molecule has 0 aliphatic heterocycles. The van der Waals surface area contributed by atoms with Gasteiger partial charge in [0.1, 0.15) is 0 Å². The molecule has 3 nitrogen and oxygen atoms in total. The van der Waals surface area contributed by atoms with Crippen LogP contribution in [-0.4, -0.2) is 19.0 Å². The molecule has 1 atom stereocenters. The number of rotatable bonds is 5. The minimum absolute atomic E-state index is 0.0505. The predicted molar refractivity (Wildman–Crippen MR) is 59.4 cm³/mol. The zero-order chi connectivity index (χ0) is 10.4. The molecule has 0 saturated carbocycles. The molecule has 4 heteroatoms. The number of hydrogen-bond acceptors (Lipinski definition) is 3. The first kappa shape index (κ1) is 11.2. The third-order valence-corrected chi connectivity index (χ3v) is 2.69. The van der Waals surface area contributed by atoms with Gasteiger partial charge >= 0.3 is 0 Å². The van der Waals surface area contributed by atoms with Crippen LogP contribution < -0.4 is 10.6 Å². The van der Waals surface area contributed by atoms with Crippen LogP contribution in [-0.2, 0) is 4.79 Å². The van der Waals surface area contributed by atoms with Crippen LogP contribution in [0, 0.1) is 0 Å². The van der Waals surface area contributed by atoms with Crippen molar-refractivity contribution < 1.29 is 4.79 Å². The molecule has 1 aromatic heterocycles. The Hall–Kier alpha value is -0.870. The summed E-state index contributed by atoms with van der Waals surface area (Å²) in [6, 6.07) is 2.31. The van der Waals surface area contributed by atoms with Crippen molar-refractivity contribution >= 4 is 17.2 Å². The molecule has 1 amide bonds. The van der Waals surface area contributed by atoms with Gasteiger partial charge in [0.25, 0.3) is 0 Å². The maximum atomic E-state index is 11.1. The Morgan fingerprint density at radius 1 is 1.64 bits per heavy atom. The largest absolute Gasteiger partial charge is 0.355 e. The summed E-state index contributed by atoms with van der Waals surface area (Å²) in [5.41, 5.74) is 1.24. The van der Waals surface area contributed by atoms with E-state index in [0.29, 0.717) is 13.1 Å². The topological polar surface area (TPSA) is 41.1 Å². The van der Waals surface area contributed by atoms with Crippen LogP contribution in [0.2, 0.25) is 0 Å². The van der Waals surface area contributed by atoms with Gasteiger partial charge in [-0.15, -0.1) is 0 Å². The van der Waals surface area contributed by atoms with E-state index in [4.69, 9.17) is 0 Å². The molecule has 0 aliphatic carbocycles. The minimum Gasteiger partial charge on any atom is -0.355 e. The molecule has 0 aromatic carbocycles. The van der Waals surface area contributed by atoms with E-state index in [-0.39, 0.29) is 11.9 Å². The lowest BCUT2D eigenvalue weighted by Crippen LogP contribution is -2.34. The van der Waals surface area contributed by atoms with Crippen LogP contribution in [0.25, 0.3) is 0 Å². The third-order valence-electron chi connectivity index (χ3n) is 1.99. The average molecular weight is 212 g/mol. The highest BCUT2D eigenvalue weighted by Crippen LogP contribution is 2.14. The van der Waals surface area contributed by atoms with Crippen molar-refractivity contribution in [3.05, 3.63) is 22.4 Å². The molecule has 78 valence electrons. The fourth-order valence-electron chi connectivity index (χ4n) is 1.14. The van der Waals surface area contributed by atoms with Gasteiger partial charge in [0.05, 0.1) is 6.54 Å². The smallest absolute Gasteiger partial charge is 0.233 e. The van der Waals surface area contributed by atoms with Gasteiger partial charge in [-0.2, -0.15) is 11.3 Å². The molecule has 1 unspecified atom stereocenters. The summed E-state index contributed by atoms with van der Waals surface area (Å²) in [4.78, 5) is 11.1. The maximum Gasteiger partial charge on any atom is 0.233 e. The SMILES string of the molecule is CCNC(=O)CNC(C)c1ccsc1. The van der Waals surface area contributed by atoms with Gasteiger partial charge in [-0.3, -0.25) is 4.79 Å².